The highest BCUT2D eigenvalue weighted by molar-refractivity contribution is 5.98. The summed E-state index contributed by atoms with van der Waals surface area (Å²) in [5.74, 6) is -1.45. The van der Waals surface area contributed by atoms with Gasteiger partial charge in [0.05, 0.1) is 0 Å². The van der Waals surface area contributed by atoms with Crippen LogP contribution in [0.4, 0.5) is 20.1 Å². The number of carbonyl (C=O) groups excluding carboxylic acids is 4. The number of urea groups is 1. The third-order valence-corrected chi connectivity index (χ3v) is 4.98. The summed E-state index contributed by atoms with van der Waals surface area (Å²) in [5.41, 5.74) is 6.08. The van der Waals surface area contributed by atoms with Gasteiger partial charge in [0.2, 0.25) is 11.8 Å². The number of carbonyl (C=O) groups is 5. The first-order chi connectivity index (χ1) is 17.9. The number of hydrogen-bond donors (Lipinski definition) is 6. The average Bonchev–Trinajstić information content (AvgIpc) is 2.83. The summed E-state index contributed by atoms with van der Waals surface area (Å²) in [7, 11) is 0. The third-order valence-electron chi connectivity index (χ3n) is 4.98. The molecule has 38 heavy (non-hydrogen) atoms. The number of rotatable bonds is 14. The van der Waals surface area contributed by atoms with Crippen LogP contribution in [0.25, 0.3) is 0 Å². The van der Waals surface area contributed by atoms with E-state index in [1.807, 2.05) is 0 Å². The van der Waals surface area contributed by atoms with Gasteiger partial charge in [-0.05, 0) is 49.5 Å². The van der Waals surface area contributed by atoms with Gasteiger partial charge in [-0.2, -0.15) is 0 Å². The Morgan fingerprint density at radius 2 is 1.74 bits per heavy atom. The van der Waals surface area contributed by atoms with Crippen molar-refractivity contribution in [2.75, 3.05) is 11.9 Å². The Kier molecular flexibility index (Phi) is 13.5. The Morgan fingerprint density at radius 1 is 1.08 bits per heavy atom. The van der Waals surface area contributed by atoms with Crippen LogP contribution >= 0.6 is 0 Å². The number of allylic oxidation sites excluding steroid dienone is 2. The first-order valence-corrected chi connectivity index (χ1v) is 11.8. The summed E-state index contributed by atoms with van der Waals surface area (Å²) >= 11 is 0. The number of ether oxygens (including phenoxy) is 2. The fraction of sp³-hybridized carbons (Fsp3) is 0.400. The van der Waals surface area contributed by atoms with Gasteiger partial charge in [0, 0.05) is 12.2 Å². The highest BCUT2D eigenvalue weighted by Gasteiger charge is 2.28. The van der Waals surface area contributed by atoms with E-state index in [4.69, 9.17) is 20.3 Å². The smallest absolute Gasteiger partial charge is 0.465 e. The summed E-state index contributed by atoms with van der Waals surface area (Å²) in [4.78, 5) is 59.4. The highest BCUT2D eigenvalue weighted by Crippen LogP contribution is 2.13. The summed E-state index contributed by atoms with van der Waals surface area (Å²) in [6.07, 6.45) is 1.34. The molecule has 0 aromatic heterocycles. The van der Waals surface area contributed by atoms with E-state index >= 15 is 0 Å². The van der Waals surface area contributed by atoms with Crippen molar-refractivity contribution >= 4 is 35.8 Å². The molecule has 0 fully saturated rings. The van der Waals surface area contributed by atoms with E-state index in [-0.39, 0.29) is 31.2 Å². The van der Waals surface area contributed by atoms with Crippen molar-refractivity contribution in [2.45, 2.75) is 52.3 Å². The first-order valence-electron chi connectivity index (χ1n) is 11.8. The molecule has 2 atom stereocenters. The minimum atomic E-state index is -1.37. The molecule has 1 aromatic carbocycles. The minimum absolute atomic E-state index is 0.0745. The predicted octanol–water partition coefficient (Wildman–Crippen LogP) is 2.59. The zero-order valence-corrected chi connectivity index (χ0v) is 21.6. The molecule has 0 saturated heterocycles. The molecule has 7 N–H and O–H groups in total. The van der Waals surface area contributed by atoms with Gasteiger partial charge in [-0.1, -0.05) is 38.6 Å². The fourth-order valence-corrected chi connectivity index (χ4v) is 3.13. The number of primary amides is 1. The summed E-state index contributed by atoms with van der Waals surface area (Å²) in [6.45, 7) is 8.71. The molecule has 0 bridgehead atoms. The van der Waals surface area contributed by atoms with Gasteiger partial charge in [0.1, 0.15) is 24.4 Å². The Hall–Kier alpha value is -4.55. The van der Waals surface area contributed by atoms with E-state index in [0.29, 0.717) is 17.7 Å². The lowest BCUT2D eigenvalue weighted by Crippen LogP contribution is -2.54. The van der Waals surface area contributed by atoms with Crippen LogP contribution in [0, 0.1) is 5.92 Å². The van der Waals surface area contributed by atoms with E-state index in [1.54, 1.807) is 51.1 Å². The van der Waals surface area contributed by atoms with Gasteiger partial charge in [0.25, 0.3) is 0 Å². The lowest BCUT2D eigenvalue weighted by molar-refractivity contribution is -0.128. The fourth-order valence-electron chi connectivity index (χ4n) is 3.13. The highest BCUT2D eigenvalue weighted by atomic mass is 16.7. The largest absolute Gasteiger partial charge is 0.514 e. The van der Waals surface area contributed by atoms with Crippen molar-refractivity contribution in [3.8, 4) is 0 Å². The number of amides is 5. The molecule has 208 valence electrons. The van der Waals surface area contributed by atoms with Crippen molar-refractivity contribution in [1.82, 2.24) is 16.0 Å². The zero-order valence-electron chi connectivity index (χ0n) is 21.6. The van der Waals surface area contributed by atoms with Crippen LogP contribution < -0.4 is 27.0 Å². The van der Waals surface area contributed by atoms with Crippen molar-refractivity contribution in [3.63, 3.8) is 0 Å². The number of benzene rings is 1. The molecule has 13 nitrogen and oxygen atoms in total. The average molecular weight is 534 g/mol. The Morgan fingerprint density at radius 3 is 2.29 bits per heavy atom. The van der Waals surface area contributed by atoms with Gasteiger partial charge in [-0.25, -0.2) is 14.4 Å². The molecule has 0 aliphatic rings. The molecule has 0 radical (unpaired) electrons. The van der Waals surface area contributed by atoms with Gasteiger partial charge in [0.15, 0.2) is 0 Å². The second kappa shape index (κ2) is 16.2. The zero-order chi connectivity index (χ0) is 28.7. The molecule has 0 heterocycles. The molecule has 5 amide bonds. The van der Waals surface area contributed by atoms with Crippen molar-refractivity contribution in [3.05, 3.63) is 54.3 Å². The molecule has 0 spiro atoms. The SMILES string of the molecule is C=C(/C=C\C)OC(=O)OCc1ccc(NC(=O)[C@H](CCCNC(N)=O)NC(=O)[C@@H](NC(=O)O)C(C)C)cc1. The standard InChI is InChI=1S/C25H35N5O8/c1-5-7-16(4)38-25(36)37-14-17-9-11-18(12-10-17)28-21(31)19(8-6-13-27-23(26)33)29-22(32)20(15(2)3)30-24(34)35/h5,7,9-12,15,19-20,30H,4,6,8,13-14H2,1-3H3,(H,28,31)(H,29,32)(H,34,35)(H3,26,27,33)/b7-5-/t19-,20-/m0/s1. The van der Waals surface area contributed by atoms with Gasteiger partial charge >= 0.3 is 18.3 Å². The third kappa shape index (κ3) is 12.4. The molecule has 1 rings (SSSR count). The van der Waals surface area contributed by atoms with E-state index in [9.17, 15) is 24.0 Å². The number of hydrogen-bond acceptors (Lipinski definition) is 7. The number of nitrogens with two attached hydrogens (primary N) is 1. The molecule has 0 aliphatic heterocycles. The van der Waals surface area contributed by atoms with Crippen LogP contribution in [0.5, 0.6) is 0 Å². The maximum Gasteiger partial charge on any atom is 0.514 e. The Labute approximate surface area is 220 Å². The Balaban J connectivity index is 2.82. The molecule has 13 heteroatoms. The minimum Gasteiger partial charge on any atom is -0.465 e. The van der Waals surface area contributed by atoms with E-state index in [1.165, 1.54) is 6.08 Å². The maximum absolute atomic E-state index is 13.0. The molecule has 0 saturated carbocycles. The van der Waals surface area contributed by atoms with Crippen molar-refractivity contribution in [1.29, 1.82) is 0 Å². The van der Waals surface area contributed by atoms with E-state index < -0.39 is 42.2 Å². The molecule has 1 aromatic rings. The number of anilines is 1. The quantitative estimate of drug-likeness (QED) is 0.0907. The van der Waals surface area contributed by atoms with Crippen LogP contribution in [0.15, 0.2) is 48.8 Å². The van der Waals surface area contributed by atoms with E-state index in [0.717, 1.165) is 0 Å². The maximum atomic E-state index is 13.0. The van der Waals surface area contributed by atoms with Gasteiger partial charge < -0.3 is 41.6 Å². The normalized spacial score (nSPS) is 12.2. The van der Waals surface area contributed by atoms with Crippen LogP contribution in [0.2, 0.25) is 0 Å². The molecule has 0 aliphatic carbocycles. The second-order valence-electron chi connectivity index (χ2n) is 8.46. The number of nitrogens with one attached hydrogen (secondary N) is 4. The summed E-state index contributed by atoms with van der Waals surface area (Å²) in [5, 5.41) is 18.8. The lowest BCUT2D eigenvalue weighted by Gasteiger charge is -2.24. The lowest BCUT2D eigenvalue weighted by atomic mass is 10.0. The number of carboxylic acid groups (broad SMARTS) is 1. The van der Waals surface area contributed by atoms with Gasteiger partial charge in [-0.3, -0.25) is 9.59 Å². The van der Waals surface area contributed by atoms with Crippen LogP contribution in [0.1, 0.15) is 39.2 Å². The topological polar surface area (TPSA) is 198 Å². The van der Waals surface area contributed by atoms with Gasteiger partial charge in [-0.15, -0.1) is 0 Å². The summed E-state index contributed by atoms with van der Waals surface area (Å²) in [6, 6.07) is 3.58. The van der Waals surface area contributed by atoms with Crippen molar-refractivity contribution < 1.29 is 38.6 Å². The van der Waals surface area contributed by atoms with Crippen molar-refractivity contribution in [2.24, 2.45) is 11.7 Å². The Bertz CT molecular complexity index is 1020. The first kappa shape index (κ1) is 31.5. The van der Waals surface area contributed by atoms with Crippen LogP contribution in [0.3, 0.4) is 0 Å². The van der Waals surface area contributed by atoms with Crippen LogP contribution in [-0.4, -0.2) is 53.8 Å². The second-order valence-corrected chi connectivity index (χ2v) is 8.46. The molecular weight excluding hydrogens is 498 g/mol. The molecular formula is C25H35N5O8. The monoisotopic (exact) mass is 533 g/mol. The van der Waals surface area contributed by atoms with E-state index in [2.05, 4.69) is 27.8 Å². The van der Waals surface area contributed by atoms with Crippen LogP contribution in [-0.2, 0) is 25.7 Å². The predicted molar refractivity (Wildman–Crippen MR) is 139 cm³/mol. The summed E-state index contributed by atoms with van der Waals surface area (Å²) < 4.78 is 9.86. The molecule has 0 unspecified atom stereocenters.